The molecule has 0 bridgehead atoms. The Morgan fingerprint density at radius 2 is 1.77 bits per heavy atom. The highest BCUT2D eigenvalue weighted by atomic mass is 19.4. The molecule has 3 aromatic rings. The third-order valence-electron chi connectivity index (χ3n) is 3.97. The summed E-state index contributed by atoms with van der Waals surface area (Å²) in [7, 11) is 2.78. The van der Waals surface area contributed by atoms with Gasteiger partial charge in [0.1, 0.15) is 18.1 Å². The number of benzene rings is 1. The van der Waals surface area contributed by atoms with Crippen molar-refractivity contribution in [3.8, 4) is 23.3 Å². The predicted molar refractivity (Wildman–Crippen MR) is 96.0 cm³/mol. The van der Waals surface area contributed by atoms with Crippen LogP contribution in [0, 0.1) is 11.6 Å². The van der Waals surface area contributed by atoms with Crippen molar-refractivity contribution >= 4 is 0 Å². The van der Waals surface area contributed by atoms with E-state index in [0.29, 0.717) is 12.3 Å². The standard InChI is InChI=1S/C19H14F5N3O4/c1-27-16(29-2)7-15(26-18(27)28)30-9-10-5-12(20)17(13(21)6-10)31-11-3-4-14(25-8-11)19(22,23)24/h3-8H,9H2,1-2H3. The summed E-state index contributed by atoms with van der Waals surface area (Å²) >= 11 is 0. The number of hydrogen-bond acceptors (Lipinski definition) is 6. The van der Waals surface area contributed by atoms with Crippen molar-refractivity contribution in [1.29, 1.82) is 0 Å². The van der Waals surface area contributed by atoms with Crippen LogP contribution in [0.3, 0.4) is 0 Å². The van der Waals surface area contributed by atoms with Crippen LogP contribution in [0.1, 0.15) is 11.3 Å². The first-order valence-corrected chi connectivity index (χ1v) is 8.52. The van der Waals surface area contributed by atoms with E-state index in [1.54, 1.807) is 0 Å². The molecule has 0 spiro atoms. The lowest BCUT2D eigenvalue weighted by Gasteiger charge is -2.12. The third kappa shape index (κ3) is 5.08. The largest absolute Gasteiger partial charge is 0.482 e. The van der Waals surface area contributed by atoms with E-state index in [-0.39, 0.29) is 29.7 Å². The van der Waals surface area contributed by atoms with Gasteiger partial charge in [-0.3, -0.25) is 4.57 Å². The van der Waals surface area contributed by atoms with Gasteiger partial charge in [-0.2, -0.15) is 18.2 Å². The Morgan fingerprint density at radius 1 is 1.10 bits per heavy atom. The smallest absolute Gasteiger partial charge is 0.433 e. The molecule has 0 aliphatic rings. The second-order valence-electron chi connectivity index (χ2n) is 6.13. The maximum Gasteiger partial charge on any atom is 0.433 e. The van der Waals surface area contributed by atoms with Gasteiger partial charge < -0.3 is 14.2 Å². The molecule has 0 atom stereocenters. The van der Waals surface area contributed by atoms with Gasteiger partial charge in [0.2, 0.25) is 11.8 Å². The summed E-state index contributed by atoms with van der Waals surface area (Å²) in [4.78, 5) is 18.5. The van der Waals surface area contributed by atoms with Crippen LogP contribution in [-0.2, 0) is 19.8 Å². The van der Waals surface area contributed by atoms with E-state index >= 15 is 0 Å². The molecule has 0 saturated carbocycles. The van der Waals surface area contributed by atoms with Crippen molar-refractivity contribution in [2.75, 3.05) is 7.11 Å². The van der Waals surface area contributed by atoms with E-state index in [9.17, 15) is 26.7 Å². The van der Waals surface area contributed by atoms with E-state index in [0.717, 1.165) is 22.8 Å². The van der Waals surface area contributed by atoms with Crippen LogP contribution in [-0.4, -0.2) is 21.6 Å². The quantitative estimate of drug-likeness (QED) is 0.539. The molecular weight excluding hydrogens is 429 g/mol. The molecular formula is C19H14F5N3O4. The van der Waals surface area contributed by atoms with Gasteiger partial charge in [-0.05, 0) is 29.8 Å². The Kier molecular flexibility index (Phi) is 6.09. The summed E-state index contributed by atoms with van der Waals surface area (Å²) in [5, 5.41) is 0. The lowest BCUT2D eigenvalue weighted by atomic mass is 10.2. The first kappa shape index (κ1) is 22.0. The zero-order chi connectivity index (χ0) is 22.8. The molecule has 0 N–H and O–H groups in total. The maximum atomic E-state index is 14.3. The second kappa shape index (κ2) is 8.58. The number of halogens is 5. The van der Waals surface area contributed by atoms with E-state index in [1.165, 1.54) is 20.2 Å². The SMILES string of the molecule is COc1cc(OCc2cc(F)c(Oc3ccc(C(F)(F)F)nc3)c(F)c2)nc(=O)n1C. The molecule has 0 aliphatic carbocycles. The van der Waals surface area contributed by atoms with Crippen LogP contribution < -0.4 is 19.9 Å². The van der Waals surface area contributed by atoms with Crippen LogP contribution in [0.2, 0.25) is 0 Å². The van der Waals surface area contributed by atoms with Crippen molar-refractivity contribution < 1.29 is 36.2 Å². The molecule has 12 heteroatoms. The molecule has 0 fully saturated rings. The molecule has 164 valence electrons. The summed E-state index contributed by atoms with van der Waals surface area (Å²) in [6, 6.07) is 4.66. The van der Waals surface area contributed by atoms with Gasteiger partial charge in [-0.1, -0.05) is 0 Å². The van der Waals surface area contributed by atoms with Crippen molar-refractivity contribution in [2.24, 2.45) is 7.05 Å². The van der Waals surface area contributed by atoms with Crippen molar-refractivity contribution in [3.63, 3.8) is 0 Å². The Morgan fingerprint density at radius 3 is 2.32 bits per heavy atom. The van der Waals surface area contributed by atoms with Crippen LogP contribution in [0.15, 0.2) is 41.3 Å². The third-order valence-corrected chi connectivity index (χ3v) is 3.97. The van der Waals surface area contributed by atoms with Crippen molar-refractivity contribution in [2.45, 2.75) is 12.8 Å². The minimum Gasteiger partial charge on any atom is -0.482 e. The first-order valence-electron chi connectivity index (χ1n) is 8.52. The Hall–Kier alpha value is -3.70. The number of rotatable bonds is 6. The van der Waals surface area contributed by atoms with E-state index in [4.69, 9.17) is 14.2 Å². The van der Waals surface area contributed by atoms with Crippen molar-refractivity contribution in [1.82, 2.24) is 14.5 Å². The molecule has 0 aliphatic heterocycles. The van der Waals surface area contributed by atoms with Gasteiger partial charge in [-0.25, -0.2) is 18.6 Å². The number of ether oxygens (including phenoxy) is 3. The summed E-state index contributed by atoms with van der Waals surface area (Å²) in [5.41, 5.74) is -1.77. The van der Waals surface area contributed by atoms with Crippen LogP contribution >= 0.6 is 0 Å². The first-order chi connectivity index (χ1) is 14.6. The monoisotopic (exact) mass is 443 g/mol. The van der Waals surface area contributed by atoms with Crippen LogP contribution in [0.4, 0.5) is 22.0 Å². The topological polar surface area (TPSA) is 75.5 Å². The highest BCUT2D eigenvalue weighted by Gasteiger charge is 2.32. The minimum atomic E-state index is -4.65. The fourth-order valence-electron chi connectivity index (χ4n) is 2.44. The highest BCUT2D eigenvalue weighted by molar-refractivity contribution is 5.35. The Labute approximate surface area is 171 Å². The molecule has 3 rings (SSSR count). The van der Waals surface area contributed by atoms with E-state index < -0.39 is 34.9 Å². The van der Waals surface area contributed by atoms with Gasteiger partial charge in [0.05, 0.1) is 19.4 Å². The molecule has 0 unspecified atom stereocenters. The van der Waals surface area contributed by atoms with Gasteiger partial charge in [0.25, 0.3) is 0 Å². The highest BCUT2D eigenvalue weighted by Crippen LogP contribution is 2.31. The molecule has 0 radical (unpaired) electrons. The fourth-order valence-corrected chi connectivity index (χ4v) is 2.44. The predicted octanol–water partition coefficient (Wildman–Crippen LogP) is 3.85. The van der Waals surface area contributed by atoms with Crippen molar-refractivity contribution in [3.05, 3.63) is 69.9 Å². The number of nitrogens with zero attached hydrogens (tertiary/aromatic N) is 3. The summed E-state index contributed by atoms with van der Waals surface area (Å²) in [6.07, 6.45) is -3.95. The second-order valence-corrected chi connectivity index (χ2v) is 6.13. The maximum absolute atomic E-state index is 14.3. The number of aromatic nitrogens is 3. The molecule has 1 aromatic carbocycles. The molecule has 0 amide bonds. The van der Waals surface area contributed by atoms with Crippen LogP contribution in [0.25, 0.3) is 0 Å². The molecule has 2 heterocycles. The normalized spacial score (nSPS) is 11.3. The van der Waals surface area contributed by atoms with Crippen LogP contribution in [0.5, 0.6) is 23.3 Å². The number of methoxy groups -OCH3 is 1. The summed E-state index contributed by atoms with van der Waals surface area (Å²) in [5.74, 6) is -3.29. The fraction of sp³-hybridized carbons (Fsp3) is 0.211. The lowest BCUT2D eigenvalue weighted by Crippen LogP contribution is -2.21. The van der Waals surface area contributed by atoms with E-state index in [2.05, 4.69) is 9.97 Å². The average Bonchev–Trinajstić information content (AvgIpc) is 2.71. The summed E-state index contributed by atoms with van der Waals surface area (Å²) < 4.78 is 82.6. The van der Waals surface area contributed by atoms with Gasteiger partial charge >= 0.3 is 11.9 Å². The molecule has 0 saturated heterocycles. The summed E-state index contributed by atoms with van der Waals surface area (Å²) in [6.45, 7) is -0.334. The Bertz CT molecular complexity index is 1120. The minimum absolute atomic E-state index is 0.0503. The number of pyridine rings is 1. The number of alkyl halides is 3. The van der Waals surface area contributed by atoms with Gasteiger partial charge in [0.15, 0.2) is 17.4 Å². The Balaban J connectivity index is 1.75. The van der Waals surface area contributed by atoms with Gasteiger partial charge in [0, 0.05) is 7.05 Å². The molecule has 2 aromatic heterocycles. The number of hydrogen-bond donors (Lipinski definition) is 0. The zero-order valence-electron chi connectivity index (χ0n) is 16.0. The lowest BCUT2D eigenvalue weighted by molar-refractivity contribution is -0.141. The average molecular weight is 443 g/mol. The van der Waals surface area contributed by atoms with E-state index in [1.807, 2.05) is 0 Å². The molecule has 31 heavy (non-hydrogen) atoms. The molecule has 7 nitrogen and oxygen atoms in total. The van der Waals surface area contributed by atoms with Gasteiger partial charge in [-0.15, -0.1) is 0 Å². The zero-order valence-corrected chi connectivity index (χ0v) is 16.0.